The van der Waals surface area contributed by atoms with Gasteiger partial charge in [-0.05, 0) is 31.2 Å². The lowest BCUT2D eigenvalue weighted by molar-refractivity contribution is 0.276. The zero-order valence-electron chi connectivity index (χ0n) is 12.2. The zero-order valence-corrected chi connectivity index (χ0v) is 12.2. The van der Waals surface area contributed by atoms with Gasteiger partial charge < -0.3 is 19.4 Å². The third-order valence-corrected chi connectivity index (χ3v) is 3.42. The maximum Gasteiger partial charge on any atom is 0.259 e. The molecule has 6 heteroatoms. The van der Waals surface area contributed by atoms with E-state index in [1.54, 1.807) is 23.0 Å². The highest BCUT2D eigenvalue weighted by molar-refractivity contribution is 5.83. The van der Waals surface area contributed by atoms with Crippen molar-refractivity contribution in [2.45, 2.75) is 13.5 Å². The number of nitrogens with zero attached hydrogens (tertiary/aromatic N) is 2. The molecule has 114 valence electrons. The van der Waals surface area contributed by atoms with Gasteiger partial charge in [-0.25, -0.2) is 4.98 Å². The third kappa shape index (κ3) is 2.60. The van der Waals surface area contributed by atoms with E-state index >= 15 is 0 Å². The molecule has 0 aliphatic rings. The summed E-state index contributed by atoms with van der Waals surface area (Å²) in [6, 6.07) is 7.34. The monoisotopic (exact) mass is 299 g/mol. The molecule has 0 bridgehead atoms. The Morgan fingerprint density at radius 3 is 3.00 bits per heavy atom. The van der Waals surface area contributed by atoms with Crippen LogP contribution in [0.15, 0.2) is 41.5 Å². The van der Waals surface area contributed by atoms with Crippen LogP contribution >= 0.6 is 0 Å². The van der Waals surface area contributed by atoms with Gasteiger partial charge in [-0.1, -0.05) is 0 Å². The third-order valence-electron chi connectivity index (χ3n) is 3.42. The van der Waals surface area contributed by atoms with Crippen molar-refractivity contribution < 1.29 is 9.84 Å². The molecule has 2 N–H and O–H groups in total. The molecule has 0 amide bonds. The highest BCUT2D eigenvalue weighted by Crippen LogP contribution is 2.22. The summed E-state index contributed by atoms with van der Waals surface area (Å²) in [7, 11) is 0. The number of aromatic amines is 1. The lowest BCUT2D eigenvalue weighted by atomic mass is 10.1. The minimum absolute atomic E-state index is 0.0106. The van der Waals surface area contributed by atoms with Gasteiger partial charge in [0.25, 0.3) is 5.56 Å². The van der Waals surface area contributed by atoms with E-state index in [0.29, 0.717) is 24.5 Å². The SMILES string of the molecule is CCOc1ccc2[nH]c(=O)c(-c3nccn3CCO)cc2c1. The number of hydrogen-bond acceptors (Lipinski definition) is 4. The molecule has 0 spiro atoms. The smallest absolute Gasteiger partial charge is 0.259 e. The van der Waals surface area contributed by atoms with Crippen molar-refractivity contribution in [1.29, 1.82) is 0 Å². The van der Waals surface area contributed by atoms with Crippen LogP contribution in [0.4, 0.5) is 0 Å². The molecule has 2 aromatic heterocycles. The Morgan fingerprint density at radius 1 is 1.36 bits per heavy atom. The van der Waals surface area contributed by atoms with Gasteiger partial charge >= 0.3 is 0 Å². The fourth-order valence-electron chi connectivity index (χ4n) is 2.45. The molecule has 6 nitrogen and oxygen atoms in total. The molecule has 0 saturated carbocycles. The van der Waals surface area contributed by atoms with E-state index in [1.807, 2.05) is 25.1 Å². The first-order valence-electron chi connectivity index (χ1n) is 7.15. The summed E-state index contributed by atoms with van der Waals surface area (Å²) in [6.45, 7) is 2.89. The summed E-state index contributed by atoms with van der Waals surface area (Å²) < 4.78 is 7.24. The van der Waals surface area contributed by atoms with Gasteiger partial charge in [-0.15, -0.1) is 0 Å². The summed E-state index contributed by atoms with van der Waals surface area (Å²) in [6.07, 6.45) is 3.36. The van der Waals surface area contributed by atoms with Gasteiger partial charge in [0, 0.05) is 29.8 Å². The van der Waals surface area contributed by atoms with Crippen LogP contribution < -0.4 is 10.3 Å². The fraction of sp³-hybridized carbons (Fsp3) is 0.250. The molecular formula is C16H17N3O3. The average Bonchev–Trinajstić information content (AvgIpc) is 2.96. The average molecular weight is 299 g/mol. The second kappa shape index (κ2) is 6.03. The van der Waals surface area contributed by atoms with Gasteiger partial charge in [0.2, 0.25) is 0 Å². The maximum atomic E-state index is 12.3. The van der Waals surface area contributed by atoms with Crippen molar-refractivity contribution in [2.24, 2.45) is 0 Å². The molecule has 0 aliphatic carbocycles. The van der Waals surface area contributed by atoms with E-state index in [9.17, 15) is 4.79 Å². The van der Waals surface area contributed by atoms with E-state index in [4.69, 9.17) is 9.84 Å². The molecule has 3 aromatic rings. The summed E-state index contributed by atoms with van der Waals surface area (Å²) in [5.74, 6) is 1.30. The lowest BCUT2D eigenvalue weighted by Crippen LogP contribution is -2.13. The van der Waals surface area contributed by atoms with Crippen LogP contribution in [0, 0.1) is 0 Å². The van der Waals surface area contributed by atoms with Crippen molar-refractivity contribution in [2.75, 3.05) is 13.2 Å². The first kappa shape index (κ1) is 14.3. The molecule has 0 unspecified atom stereocenters. The number of aliphatic hydroxyl groups excluding tert-OH is 1. The lowest BCUT2D eigenvalue weighted by Gasteiger charge is -2.08. The molecule has 0 saturated heterocycles. The van der Waals surface area contributed by atoms with E-state index in [0.717, 1.165) is 16.7 Å². The van der Waals surface area contributed by atoms with Crippen molar-refractivity contribution >= 4 is 10.9 Å². The number of pyridine rings is 1. The van der Waals surface area contributed by atoms with Crippen LogP contribution in [0.3, 0.4) is 0 Å². The van der Waals surface area contributed by atoms with Crippen molar-refractivity contribution in [3.63, 3.8) is 0 Å². The number of rotatable bonds is 5. The normalized spacial score (nSPS) is 11.0. The molecule has 0 atom stereocenters. The number of imidazole rings is 1. The van der Waals surface area contributed by atoms with E-state index in [1.165, 1.54) is 0 Å². The second-order valence-electron chi connectivity index (χ2n) is 4.86. The van der Waals surface area contributed by atoms with Gasteiger partial charge in [-0.3, -0.25) is 4.79 Å². The Kier molecular flexibility index (Phi) is 3.93. The highest BCUT2D eigenvalue weighted by atomic mass is 16.5. The first-order valence-corrected chi connectivity index (χ1v) is 7.15. The zero-order chi connectivity index (χ0) is 15.5. The minimum Gasteiger partial charge on any atom is -0.494 e. The number of aromatic nitrogens is 3. The van der Waals surface area contributed by atoms with E-state index < -0.39 is 0 Å². The molecule has 0 radical (unpaired) electrons. The van der Waals surface area contributed by atoms with Crippen LogP contribution in [0.5, 0.6) is 5.75 Å². The largest absolute Gasteiger partial charge is 0.494 e. The van der Waals surface area contributed by atoms with Crippen LogP contribution in [0.2, 0.25) is 0 Å². The van der Waals surface area contributed by atoms with Crippen LogP contribution in [-0.4, -0.2) is 32.9 Å². The molecule has 1 aromatic carbocycles. The molecule has 22 heavy (non-hydrogen) atoms. The Hall–Kier alpha value is -2.60. The number of nitrogens with one attached hydrogen (secondary N) is 1. The van der Waals surface area contributed by atoms with Gasteiger partial charge in [0.1, 0.15) is 11.6 Å². The summed E-state index contributed by atoms with van der Waals surface area (Å²) in [5, 5.41) is 9.97. The minimum atomic E-state index is -0.206. The summed E-state index contributed by atoms with van der Waals surface area (Å²) >= 11 is 0. The van der Waals surface area contributed by atoms with Gasteiger partial charge in [0.15, 0.2) is 0 Å². The van der Waals surface area contributed by atoms with Crippen molar-refractivity contribution in [3.05, 3.63) is 47.0 Å². The molecule has 0 fully saturated rings. The number of benzene rings is 1. The summed E-state index contributed by atoms with van der Waals surface area (Å²) in [5.41, 5.74) is 1.01. The van der Waals surface area contributed by atoms with E-state index in [2.05, 4.69) is 9.97 Å². The first-order chi connectivity index (χ1) is 10.7. The topological polar surface area (TPSA) is 80.1 Å². The standard InChI is InChI=1S/C16H17N3O3/c1-2-22-12-3-4-14-11(9-12)10-13(16(21)18-14)15-17-5-6-19(15)7-8-20/h3-6,9-10,20H,2,7-8H2,1H3,(H,18,21). The van der Waals surface area contributed by atoms with Crippen LogP contribution in [0.1, 0.15) is 6.92 Å². The fourth-order valence-corrected chi connectivity index (χ4v) is 2.45. The number of hydrogen-bond donors (Lipinski definition) is 2. The molecule has 0 aliphatic heterocycles. The second-order valence-corrected chi connectivity index (χ2v) is 4.86. The van der Waals surface area contributed by atoms with Crippen LogP contribution in [-0.2, 0) is 6.54 Å². The van der Waals surface area contributed by atoms with Crippen LogP contribution in [0.25, 0.3) is 22.3 Å². The Labute approximate surface area is 127 Å². The van der Waals surface area contributed by atoms with Crippen molar-refractivity contribution in [3.8, 4) is 17.1 Å². The number of ether oxygens (including phenoxy) is 1. The predicted octanol–water partition coefficient (Wildman–Crippen LogP) is 1.78. The number of H-pyrrole nitrogens is 1. The van der Waals surface area contributed by atoms with Gasteiger partial charge in [-0.2, -0.15) is 0 Å². The maximum absolute atomic E-state index is 12.3. The molecular weight excluding hydrogens is 282 g/mol. The van der Waals surface area contributed by atoms with E-state index in [-0.39, 0.29) is 12.2 Å². The van der Waals surface area contributed by atoms with Crippen molar-refractivity contribution in [1.82, 2.24) is 14.5 Å². The quantitative estimate of drug-likeness (QED) is 0.752. The van der Waals surface area contributed by atoms with Gasteiger partial charge in [0.05, 0.1) is 18.8 Å². The highest BCUT2D eigenvalue weighted by Gasteiger charge is 2.11. The predicted molar refractivity (Wildman–Crippen MR) is 84.0 cm³/mol. The Balaban J connectivity index is 2.14. The summed E-state index contributed by atoms with van der Waals surface area (Å²) in [4.78, 5) is 19.4. The number of fused-ring (bicyclic) bond motifs is 1. The molecule has 3 rings (SSSR count). The Morgan fingerprint density at radius 2 is 2.23 bits per heavy atom. The number of aliphatic hydroxyl groups is 1. The molecule has 2 heterocycles. The Bertz CT molecular complexity index is 851.